The van der Waals surface area contributed by atoms with Gasteiger partial charge in [-0.1, -0.05) is 61.0 Å². The van der Waals surface area contributed by atoms with Gasteiger partial charge in [0.2, 0.25) is 0 Å². The maximum atomic E-state index is 13.2. The van der Waals surface area contributed by atoms with Crippen LogP contribution >= 0.6 is 0 Å². The monoisotopic (exact) mass is 359 g/mol. The van der Waals surface area contributed by atoms with E-state index in [-0.39, 0.29) is 11.9 Å². The second-order valence-electron chi connectivity index (χ2n) is 6.73. The van der Waals surface area contributed by atoms with Gasteiger partial charge in [0.05, 0.1) is 17.9 Å². The summed E-state index contributed by atoms with van der Waals surface area (Å²) in [5.41, 5.74) is 5.02. The van der Waals surface area contributed by atoms with E-state index < -0.39 is 0 Å². The van der Waals surface area contributed by atoms with E-state index in [2.05, 4.69) is 44.3 Å². The Morgan fingerprint density at radius 2 is 1.85 bits per heavy atom. The summed E-state index contributed by atoms with van der Waals surface area (Å²) in [6.07, 6.45) is 4.22. The van der Waals surface area contributed by atoms with Gasteiger partial charge in [0.1, 0.15) is 5.76 Å². The summed E-state index contributed by atoms with van der Waals surface area (Å²) in [6, 6.07) is 19.7. The summed E-state index contributed by atoms with van der Waals surface area (Å²) in [5, 5.41) is 3.21. The van der Waals surface area contributed by atoms with E-state index >= 15 is 0 Å². The third kappa shape index (κ3) is 4.56. The van der Waals surface area contributed by atoms with Crippen molar-refractivity contribution in [2.75, 3.05) is 0 Å². The lowest BCUT2D eigenvalue weighted by Gasteiger charge is -2.21. The minimum absolute atomic E-state index is 0.0400. The standard InChI is InChI=1S/C24H25NO2/c1-4-23(21-13-12-17(2)15-18(21)3)25-24(26)22(16-20-11-8-14-27-20)19-9-6-5-7-10-19/h5-16,23H,4H2,1-3H3,(H,25,26)/b22-16+. The highest BCUT2D eigenvalue weighted by Gasteiger charge is 2.19. The van der Waals surface area contributed by atoms with Crippen LogP contribution < -0.4 is 5.32 Å². The molecule has 138 valence electrons. The Morgan fingerprint density at radius 1 is 1.07 bits per heavy atom. The van der Waals surface area contributed by atoms with E-state index in [4.69, 9.17) is 4.42 Å². The molecule has 0 bridgehead atoms. The van der Waals surface area contributed by atoms with Gasteiger partial charge in [0.25, 0.3) is 5.91 Å². The molecule has 3 aromatic rings. The van der Waals surface area contributed by atoms with Crippen molar-refractivity contribution in [2.45, 2.75) is 33.2 Å². The SMILES string of the molecule is CCC(NC(=O)/C(=C/c1ccco1)c1ccccc1)c1ccc(C)cc1C. The van der Waals surface area contributed by atoms with Gasteiger partial charge in [-0.15, -0.1) is 0 Å². The number of hydrogen-bond donors (Lipinski definition) is 1. The van der Waals surface area contributed by atoms with Crippen LogP contribution in [0.15, 0.2) is 71.3 Å². The summed E-state index contributed by atoms with van der Waals surface area (Å²) in [7, 11) is 0. The molecule has 1 N–H and O–H groups in total. The van der Waals surface area contributed by atoms with Crippen LogP contribution in [-0.4, -0.2) is 5.91 Å². The Kier molecular flexibility index (Phi) is 5.92. The Balaban J connectivity index is 1.92. The molecule has 0 aliphatic heterocycles. The van der Waals surface area contributed by atoms with E-state index in [0.29, 0.717) is 11.3 Å². The van der Waals surface area contributed by atoms with Crippen LogP contribution in [0.1, 0.15) is 47.4 Å². The predicted molar refractivity (Wildman–Crippen MR) is 110 cm³/mol. The fourth-order valence-corrected chi connectivity index (χ4v) is 3.27. The second kappa shape index (κ2) is 8.54. The van der Waals surface area contributed by atoms with Crippen molar-refractivity contribution in [2.24, 2.45) is 0 Å². The van der Waals surface area contributed by atoms with Crippen molar-refractivity contribution < 1.29 is 9.21 Å². The lowest BCUT2D eigenvalue weighted by molar-refractivity contribution is -0.116. The molecule has 0 radical (unpaired) electrons. The minimum Gasteiger partial charge on any atom is -0.465 e. The number of aryl methyl sites for hydroxylation is 2. The summed E-state index contributed by atoms with van der Waals surface area (Å²) in [4.78, 5) is 13.2. The maximum Gasteiger partial charge on any atom is 0.252 e. The van der Waals surface area contributed by atoms with Crippen molar-refractivity contribution in [1.29, 1.82) is 0 Å². The summed E-state index contributed by atoms with van der Waals surface area (Å²) in [6.45, 7) is 6.26. The first-order chi connectivity index (χ1) is 13.1. The molecule has 27 heavy (non-hydrogen) atoms. The van der Waals surface area contributed by atoms with Crippen molar-refractivity contribution in [3.05, 3.63) is 94.9 Å². The van der Waals surface area contributed by atoms with E-state index in [1.807, 2.05) is 42.5 Å². The topological polar surface area (TPSA) is 42.2 Å². The molecule has 0 aliphatic rings. The highest BCUT2D eigenvalue weighted by Crippen LogP contribution is 2.25. The lowest BCUT2D eigenvalue weighted by Crippen LogP contribution is -2.29. The first kappa shape index (κ1) is 18.7. The van der Waals surface area contributed by atoms with Crippen LogP contribution in [0, 0.1) is 13.8 Å². The Labute approximate surface area is 160 Å². The van der Waals surface area contributed by atoms with E-state index in [1.165, 1.54) is 11.1 Å². The Bertz CT molecular complexity index is 924. The number of benzene rings is 2. The highest BCUT2D eigenvalue weighted by molar-refractivity contribution is 6.24. The molecule has 3 nitrogen and oxygen atoms in total. The first-order valence-corrected chi connectivity index (χ1v) is 9.27. The second-order valence-corrected chi connectivity index (χ2v) is 6.73. The van der Waals surface area contributed by atoms with E-state index in [0.717, 1.165) is 17.5 Å². The average Bonchev–Trinajstić information content (AvgIpc) is 3.18. The molecule has 2 aromatic carbocycles. The average molecular weight is 359 g/mol. The van der Waals surface area contributed by atoms with Crippen LogP contribution in [0.2, 0.25) is 0 Å². The number of furan rings is 1. The molecule has 1 atom stereocenters. The van der Waals surface area contributed by atoms with Gasteiger partial charge in [0, 0.05) is 0 Å². The summed E-state index contributed by atoms with van der Waals surface area (Å²) < 4.78 is 5.43. The van der Waals surface area contributed by atoms with Gasteiger partial charge < -0.3 is 9.73 Å². The number of carbonyl (C=O) groups excluding carboxylic acids is 1. The molecule has 0 saturated heterocycles. The van der Waals surface area contributed by atoms with E-state index in [1.54, 1.807) is 12.3 Å². The van der Waals surface area contributed by atoms with Crippen molar-refractivity contribution in [3.8, 4) is 0 Å². The molecule has 0 fully saturated rings. The third-order valence-electron chi connectivity index (χ3n) is 4.67. The van der Waals surface area contributed by atoms with Crippen LogP contribution in [0.25, 0.3) is 11.6 Å². The lowest BCUT2D eigenvalue weighted by atomic mass is 9.96. The first-order valence-electron chi connectivity index (χ1n) is 9.27. The molecule has 1 aromatic heterocycles. The molecule has 3 rings (SSSR count). The molecular weight excluding hydrogens is 334 g/mol. The summed E-state index contributed by atoms with van der Waals surface area (Å²) >= 11 is 0. The van der Waals surface area contributed by atoms with Crippen LogP contribution in [-0.2, 0) is 4.79 Å². The number of nitrogens with one attached hydrogen (secondary N) is 1. The normalized spacial score (nSPS) is 12.6. The zero-order valence-corrected chi connectivity index (χ0v) is 16.0. The molecular formula is C24H25NO2. The number of amides is 1. The van der Waals surface area contributed by atoms with Gasteiger partial charge in [0.15, 0.2) is 0 Å². The zero-order valence-electron chi connectivity index (χ0n) is 16.0. The van der Waals surface area contributed by atoms with E-state index in [9.17, 15) is 4.79 Å². The molecule has 0 spiro atoms. The van der Waals surface area contributed by atoms with Crippen molar-refractivity contribution in [1.82, 2.24) is 5.32 Å². The Morgan fingerprint density at radius 3 is 2.48 bits per heavy atom. The molecule has 1 amide bonds. The quantitative estimate of drug-likeness (QED) is 0.573. The number of rotatable bonds is 6. The fourth-order valence-electron chi connectivity index (χ4n) is 3.27. The molecule has 0 saturated carbocycles. The van der Waals surface area contributed by atoms with Gasteiger partial charge in [-0.2, -0.15) is 0 Å². The maximum absolute atomic E-state index is 13.2. The largest absolute Gasteiger partial charge is 0.465 e. The Hall–Kier alpha value is -3.07. The van der Waals surface area contributed by atoms with Crippen molar-refractivity contribution >= 4 is 17.6 Å². The third-order valence-corrected chi connectivity index (χ3v) is 4.67. The van der Waals surface area contributed by atoms with Crippen LogP contribution in [0.3, 0.4) is 0 Å². The highest BCUT2D eigenvalue weighted by atomic mass is 16.3. The zero-order chi connectivity index (χ0) is 19.2. The number of hydrogen-bond acceptors (Lipinski definition) is 2. The van der Waals surface area contributed by atoms with Crippen LogP contribution in [0.5, 0.6) is 0 Å². The molecule has 1 heterocycles. The van der Waals surface area contributed by atoms with Crippen molar-refractivity contribution in [3.63, 3.8) is 0 Å². The predicted octanol–water partition coefficient (Wildman–Crippen LogP) is 5.70. The van der Waals surface area contributed by atoms with Gasteiger partial charge in [-0.25, -0.2) is 0 Å². The smallest absolute Gasteiger partial charge is 0.252 e. The molecule has 1 unspecified atom stereocenters. The number of carbonyl (C=O) groups is 1. The van der Waals surface area contributed by atoms with Gasteiger partial charge in [-0.3, -0.25) is 4.79 Å². The van der Waals surface area contributed by atoms with Crippen LogP contribution in [0.4, 0.5) is 0 Å². The van der Waals surface area contributed by atoms with Gasteiger partial charge >= 0.3 is 0 Å². The van der Waals surface area contributed by atoms with Gasteiger partial charge in [-0.05, 0) is 55.2 Å². The summed E-state index contributed by atoms with van der Waals surface area (Å²) in [5.74, 6) is 0.549. The fraction of sp³-hybridized carbons (Fsp3) is 0.208. The minimum atomic E-state index is -0.107. The molecule has 0 aliphatic carbocycles. The molecule has 3 heteroatoms.